The Balaban J connectivity index is 4.26. The van der Waals surface area contributed by atoms with E-state index in [1.807, 2.05) is 20.1 Å². The van der Waals surface area contributed by atoms with Crippen LogP contribution in [0.3, 0.4) is 0 Å². The fraction of sp³-hybridized carbons (Fsp3) is 0.833. The molecule has 0 spiro atoms. The van der Waals surface area contributed by atoms with Crippen LogP contribution in [0.1, 0.15) is 13.8 Å². The summed E-state index contributed by atoms with van der Waals surface area (Å²) >= 11 is 1.67. The molecule has 0 rings (SSSR count). The smallest absolute Gasteiger partial charge is 0.355 e. The molecule has 124 valence electrons. The molecule has 1 amide bonds. The zero-order valence-corrected chi connectivity index (χ0v) is 13.8. The van der Waals surface area contributed by atoms with Gasteiger partial charge in [0.15, 0.2) is 5.96 Å². The summed E-state index contributed by atoms with van der Waals surface area (Å²) in [6.07, 6.45) is -2.42. The van der Waals surface area contributed by atoms with Gasteiger partial charge in [-0.15, -0.1) is 0 Å². The molecule has 0 saturated carbocycles. The van der Waals surface area contributed by atoms with E-state index in [1.54, 1.807) is 11.8 Å². The van der Waals surface area contributed by atoms with E-state index in [9.17, 15) is 18.0 Å². The highest BCUT2D eigenvalue weighted by Crippen LogP contribution is 2.19. The van der Waals surface area contributed by atoms with Crippen LogP contribution in [0.2, 0.25) is 0 Å². The molecule has 9 heteroatoms. The van der Waals surface area contributed by atoms with Crippen LogP contribution < -0.4 is 10.6 Å². The second-order valence-electron chi connectivity index (χ2n) is 5.11. The number of halogens is 3. The van der Waals surface area contributed by atoms with Crippen LogP contribution in [0.5, 0.6) is 0 Å². The van der Waals surface area contributed by atoms with Crippen LogP contribution in [0, 0.1) is 0 Å². The lowest BCUT2D eigenvalue weighted by Gasteiger charge is -2.24. The standard InChI is InChI=1S/C12H23F3N4OS/c1-11(2,21-5)7-18-10(16-3)17-6-9(20)19(4)8-12(13,14)15/h6-8H2,1-5H3,(H2,16,17,18). The maximum absolute atomic E-state index is 12.2. The number of carbonyl (C=O) groups is 1. The summed E-state index contributed by atoms with van der Waals surface area (Å²) in [4.78, 5) is 16.1. The van der Waals surface area contributed by atoms with E-state index in [4.69, 9.17) is 0 Å². The van der Waals surface area contributed by atoms with Crippen molar-refractivity contribution in [3.05, 3.63) is 0 Å². The Labute approximate surface area is 127 Å². The van der Waals surface area contributed by atoms with Crippen LogP contribution in [0.15, 0.2) is 4.99 Å². The molecule has 0 aromatic heterocycles. The average Bonchev–Trinajstić information content (AvgIpc) is 2.36. The monoisotopic (exact) mass is 328 g/mol. The van der Waals surface area contributed by atoms with Crippen molar-refractivity contribution in [1.82, 2.24) is 15.5 Å². The molecule has 21 heavy (non-hydrogen) atoms. The van der Waals surface area contributed by atoms with Crippen molar-refractivity contribution in [2.75, 3.05) is 40.0 Å². The zero-order chi connectivity index (χ0) is 16.7. The number of alkyl halides is 3. The Morgan fingerprint density at radius 2 is 1.86 bits per heavy atom. The summed E-state index contributed by atoms with van der Waals surface area (Å²) in [5.74, 6) is -0.273. The molecule has 0 atom stereocenters. The molecule has 0 aromatic rings. The fourth-order valence-electron chi connectivity index (χ4n) is 1.24. The van der Waals surface area contributed by atoms with E-state index >= 15 is 0 Å². The third-order valence-electron chi connectivity index (χ3n) is 2.71. The number of rotatable bonds is 6. The summed E-state index contributed by atoms with van der Waals surface area (Å²) in [6.45, 7) is 3.19. The molecule has 0 aliphatic rings. The molecule has 0 radical (unpaired) electrons. The molecule has 0 bridgehead atoms. The van der Waals surface area contributed by atoms with Gasteiger partial charge < -0.3 is 15.5 Å². The van der Waals surface area contributed by atoms with Crippen molar-refractivity contribution < 1.29 is 18.0 Å². The highest BCUT2D eigenvalue weighted by molar-refractivity contribution is 7.99. The van der Waals surface area contributed by atoms with E-state index in [0.29, 0.717) is 17.4 Å². The summed E-state index contributed by atoms with van der Waals surface area (Å²) in [6, 6.07) is 0. The minimum absolute atomic E-state index is 0.0191. The predicted octanol–water partition coefficient (Wildman–Crippen LogP) is 1.31. The normalized spacial score (nSPS) is 13.0. The Morgan fingerprint density at radius 1 is 1.29 bits per heavy atom. The Kier molecular flexibility index (Phi) is 7.91. The van der Waals surface area contributed by atoms with E-state index in [-0.39, 0.29) is 11.3 Å². The van der Waals surface area contributed by atoms with Crippen molar-refractivity contribution in [2.45, 2.75) is 24.8 Å². The molecular formula is C12H23F3N4OS. The Hall–Kier alpha value is -1.12. The molecule has 0 unspecified atom stereocenters. The van der Waals surface area contributed by atoms with Gasteiger partial charge in [0.2, 0.25) is 5.91 Å². The lowest BCUT2D eigenvalue weighted by Crippen LogP contribution is -2.47. The third-order valence-corrected chi connectivity index (χ3v) is 3.96. The largest absolute Gasteiger partial charge is 0.406 e. The highest BCUT2D eigenvalue weighted by Gasteiger charge is 2.31. The van der Waals surface area contributed by atoms with Gasteiger partial charge in [0.25, 0.3) is 0 Å². The first kappa shape index (κ1) is 19.9. The maximum atomic E-state index is 12.2. The minimum atomic E-state index is -4.40. The van der Waals surface area contributed by atoms with Crippen molar-refractivity contribution in [3.8, 4) is 0 Å². The van der Waals surface area contributed by atoms with Crippen LogP contribution >= 0.6 is 11.8 Å². The van der Waals surface area contributed by atoms with Crippen LogP contribution in [0.25, 0.3) is 0 Å². The second-order valence-corrected chi connectivity index (χ2v) is 6.62. The van der Waals surface area contributed by atoms with Crippen LogP contribution in [0.4, 0.5) is 13.2 Å². The summed E-state index contributed by atoms with van der Waals surface area (Å²) in [5.41, 5.74) is 0. The molecule has 0 heterocycles. The first-order valence-electron chi connectivity index (χ1n) is 6.31. The number of aliphatic imine (C=N–C) groups is 1. The van der Waals surface area contributed by atoms with Crippen LogP contribution in [-0.2, 0) is 4.79 Å². The molecular weight excluding hydrogens is 305 g/mol. The van der Waals surface area contributed by atoms with E-state index < -0.39 is 18.6 Å². The number of guanidine groups is 1. The zero-order valence-electron chi connectivity index (χ0n) is 13.0. The Bertz CT molecular complexity index is 372. The third kappa shape index (κ3) is 9.43. The van der Waals surface area contributed by atoms with Crippen molar-refractivity contribution in [3.63, 3.8) is 0 Å². The average molecular weight is 328 g/mol. The molecule has 0 saturated heterocycles. The number of thioether (sulfide) groups is 1. The topological polar surface area (TPSA) is 56.7 Å². The summed E-state index contributed by atoms with van der Waals surface area (Å²) in [5, 5.41) is 5.73. The second kappa shape index (κ2) is 8.35. The molecule has 0 fully saturated rings. The molecule has 0 aliphatic heterocycles. The quantitative estimate of drug-likeness (QED) is 0.570. The Morgan fingerprint density at radius 3 is 2.29 bits per heavy atom. The number of hydrogen-bond donors (Lipinski definition) is 2. The lowest BCUT2D eigenvalue weighted by molar-refractivity contribution is -0.157. The van der Waals surface area contributed by atoms with E-state index in [0.717, 1.165) is 7.05 Å². The van der Waals surface area contributed by atoms with Gasteiger partial charge in [-0.3, -0.25) is 9.79 Å². The fourth-order valence-corrected chi connectivity index (χ4v) is 1.46. The van der Waals surface area contributed by atoms with E-state index in [2.05, 4.69) is 15.6 Å². The number of carbonyl (C=O) groups excluding carboxylic acids is 1. The summed E-state index contributed by atoms with van der Waals surface area (Å²) < 4.78 is 36.5. The SMILES string of the molecule is CN=C(NCC(=O)N(C)CC(F)(F)F)NCC(C)(C)SC. The highest BCUT2D eigenvalue weighted by atomic mass is 32.2. The molecule has 0 aliphatic carbocycles. The minimum Gasteiger partial charge on any atom is -0.355 e. The van der Waals surface area contributed by atoms with Gasteiger partial charge in [-0.05, 0) is 20.1 Å². The van der Waals surface area contributed by atoms with Crippen molar-refractivity contribution >= 4 is 23.6 Å². The van der Waals surface area contributed by atoms with E-state index in [1.165, 1.54) is 7.05 Å². The maximum Gasteiger partial charge on any atom is 0.406 e. The van der Waals surface area contributed by atoms with Crippen LogP contribution in [-0.4, -0.2) is 67.7 Å². The van der Waals surface area contributed by atoms with Gasteiger partial charge in [0, 0.05) is 25.4 Å². The van der Waals surface area contributed by atoms with Gasteiger partial charge in [-0.1, -0.05) is 0 Å². The van der Waals surface area contributed by atoms with Gasteiger partial charge in [-0.2, -0.15) is 24.9 Å². The van der Waals surface area contributed by atoms with Gasteiger partial charge in [0.05, 0.1) is 6.54 Å². The van der Waals surface area contributed by atoms with Gasteiger partial charge in [-0.25, -0.2) is 0 Å². The van der Waals surface area contributed by atoms with Gasteiger partial charge in [0.1, 0.15) is 6.54 Å². The van der Waals surface area contributed by atoms with Crippen molar-refractivity contribution in [2.24, 2.45) is 4.99 Å². The number of nitrogens with zero attached hydrogens (tertiary/aromatic N) is 2. The number of nitrogens with one attached hydrogen (secondary N) is 2. The molecule has 2 N–H and O–H groups in total. The van der Waals surface area contributed by atoms with Crippen molar-refractivity contribution in [1.29, 1.82) is 0 Å². The van der Waals surface area contributed by atoms with Gasteiger partial charge >= 0.3 is 6.18 Å². The lowest BCUT2D eigenvalue weighted by atomic mass is 10.2. The number of hydrogen-bond acceptors (Lipinski definition) is 3. The predicted molar refractivity (Wildman–Crippen MR) is 80.7 cm³/mol. The first-order valence-corrected chi connectivity index (χ1v) is 7.53. The number of likely N-dealkylation sites (N-methyl/N-ethyl adjacent to an activating group) is 1. The number of amides is 1. The molecule has 0 aromatic carbocycles. The first-order chi connectivity index (χ1) is 9.50. The summed E-state index contributed by atoms with van der Waals surface area (Å²) in [7, 11) is 2.65. The molecule has 5 nitrogen and oxygen atoms in total.